The van der Waals surface area contributed by atoms with Gasteiger partial charge in [0.05, 0.1) is 6.04 Å². The molecule has 196 valence electrons. The molecule has 0 aliphatic carbocycles. The number of piperazine rings is 1. The van der Waals surface area contributed by atoms with E-state index in [2.05, 4.69) is 82.6 Å². The first-order chi connectivity index (χ1) is 19.1. The molecule has 2 aromatic heterocycles. The summed E-state index contributed by atoms with van der Waals surface area (Å²) in [6, 6.07) is 29.8. The molecular weight excluding hydrogens is 484 g/mol. The van der Waals surface area contributed by atoms with Gasteiger partial charge in [-0.15, -0.1) is 0 Å². The fourth-order valence-corrected chi connectivity index (χ4v) is 5.29. The third-order valence-corrected chi connectivity index (χ3v) is 7.52. The number of pyridine rings is 1. The van der Waals surface area contributed by atoms with Crippen molar-refractivity contribution >= 4 is 28.4 Å². The summed E-state index contributed by atoms with van der Waals surface area (Å²) < 4.78 is 1.79. The van der Waals surface area contributed by atoms with Crippen molar-refractivity contribution in [2.45, 2.75) is 13.0 Å². The number of rotatable bonds is 6. The van der Waals surface area contributed by atoms with Gasteiger partial charge in [0.25, 0.3) is 5.56 Å². The molecule has 1 saturated heterocycles. The number of aryl methyl sites for hydroxylation is 1. The molecule has 1 aliphatic heterocycles. The van der Waals surface area contributed by atoms with Crippen molar-refractivity contribution in [3.05, 3.63) is 124 Å². The zero-order chi connectivity index (χ0) is 26.8. The summed E-state index contributed by atoms with van der Waals surface area (Å²) in [6.45, 7) is 6.27. The monoisotopic (exact) mass is 516 g/mol. The minimum atomic E-state index is -0.325. The summed E-state index contributed by atoms with van der Waals surface area (Å²) in [5.41, 5.74) is 5.79. The lowest BCUT2D eigenvalue weighted by atomic mass is 9.94. The molecule has 0 radical (unpaired) electrons. The molecule has 5 aromatic rings. The number of likely N-dealkylation sites (N-methyl/N-ethyl adjacent to an activating group) is 1. The number of nitrogens with zero attached hydrogens (tertiary/aromatic N) is 5. The van der Waals surface area contributed by atoms with E-state index in [9.17, 15) is 4.79 Å². The Kier molecular flexibility index (Phi) is 6.82. The number of hydrogen-bond donors (Lipinski definition) is 1. The Labute approximate surface area is 228 Å². The van der Waals surface area contributed by atoms with Crippen LogP contribution < -0.4 is 15.8 Å². The third kappa shape index (κ3) is 5.13. The van der Waals surface area contributed by atoms with E-state index in [1.165, 1.54) is 5.69 Å². The van der Waals surface area contributed by atoms with Gasteiger partial charge in [-0.3, -0.25) is 9.36 Å². The van der Waals surface area contributed by atoms with Crippen LogP contribution in [0.3, 0.4) is 0 Å². The van der Waals surface area contributed by atoms with Gasteiger partial charge in [0.15, 0.2) is 0 Å². The Hall–Kier alpha value is -4.49. The second-order valence-electron chi connectivity index (χ2n) is 10.1. The predicted molar refractivity (Wildman–Crippen MR) is 158 cm³/mol. The Morgan fingerprint density at radius 1 is 0.821 bits per heavy atom. The van der Waals surface area contributed by atoms with Crippen molar-refractivity contribution < 1.29 is 0 Å². The lowest BCUT2D eigenvalue weighted by molar-refractivity contribution is 0.313. The highest BCUT2D eigenvalue weighted by Gasteiger charge is 2.22. The van der Waals surface area contributed by atoms with Crippen molar-refractivity contribution in [1.29, 1.82) is 0 Å². The van der Waals surface area contributed by atoms with Crippen LogP contribution in [0.5, 0.6) is 0 Å². The molecule has 6 rings (SSSR count). The van der Waals surface area contributed by atoms with Crippen LogP contribution in [0.1, 0.15) is 22.7 Å². The van der Waals surface area contributed by atoms with Crippen LogP contribution >= 0.6 is 0 Å². The van der Waals surface area contributed by atoms with Gasteiger partial charge in [0, 0.05) is 55.2 Å². The maximum absolute atomic E-state index is 13.5. The third-order valence-electron chi connectivity index (χ3n) is 7.52. The molecule has 0 amide bonds. The SMILES string of the molecule is Cc1ccccc1C(c1ccccc1)n1c(=O)ccc2cnc(Nc3ccc(N4CCN(C)CC4)cc3)nc21. The predicted octanol–water partition coefficient (Wildman–Crippen LogP) is 5.23. The molecule has 1 N–H and O–H groups in total. The zero-order valence-corrected chi connectivity index (χ0v) is 22.3. The second kappa shape index (κ2) is 10.7. The minimum absolute atomic E-state index is 0.110. The van der Waals surface area contributed by atoms with E-state index in [0.29, 0.717) is 11.6 Å². The van der Waals surface area contributed by atoms with Crippen LogP contribution in [0.25, 0.3) is 11.0 Å². The lowest BCUT2D eigenvalue weighted by Gasteiger charge is -2.34. The molecule has 7 nitrogen and oxygen atoms in total. The average Bonchev–Trinajstić information content (AvgIpc) is 2.97. The van der Waals surface area contributed by atoms with Gasteiger partial charge in [0.1, 0.15) is 5.65 Å². The quantitative estimate of drug-likeness (QED) is 0.333. The molecule has 0 saturated carbocycles. The Bertz CT molecular complexity index is 1640. The summed E-state index contributed by atoms with van der Waals surface area (Å²) in [5.74, 6) is 0.450. The maximum Gasteiger partial charge on any atom is 0.253 e. The molecule has 0 bridgehead atoms. The van der Waals surface area contributed by atoms with Gasteiger partial charge in [-0.1, -0.05) is 54.6 Å². The van der Waals surface area contributed by atoms with Gasteiger partial charge in [-0.2, -0.15) is 4.98 Å². The van der Waals surface area contributed by atoms with Crippen molar-refractivity contribution in [3.8, 4) is 0 Å². The highest BCUT2D eigenvalue weighted by Crippen LogP contribution is 2.30. The molecule has 39 heavy (non-hydrogen) atoms. The van der Waals surface area contributed by atoms with E-state index in [0.717, 1.165) is 53.9 Å². The lowest BCUT2D eigenvalue weighted by Crippen LogP contribution is -2.44. The number of anilines is 3. The van der Waals surface area contributed by atoms with E-state index in [4.69, 9.17) is 4.98 Å². The number of benzene rings is 3. The number of aromatic nitrogens is 3. The Morgan fingerprint density at radius 2 is 1.54 bits per heavy atom. The summed E-state index contributed by atoms with van der Waals surface area (Å²) in [6.07, 6.45) is 1.78. The molecule has 3 heterocycles. The van der Waals surface area contributed by atoms with Crippen LogP contribution in [0.15, 0.2) is 102 Å². The fourth-order valence-electron chi connectivity index (χ4n) is 5.29. The number of fused-ring (bicyclic) bond motifs is 1. The smallest absolute Gasteiger partial charge is 0.253 e. The van der Waals surface area contributed by atoms with Crippen LogP contribution in [0.4, 0.5) is 17.3 Å². The molecule has 1 unspecified atom stereocenters. The molecule has 7 heteroatoms. The van der Waals surface area contributed by atoms with Gasteiger partial charge < -0.3 is 15.1 Å². The highest BCUT2D eigenvalue weighted by atomic mass is 16.1. The van der Waals surface area contributed by atoms with E-state index in [-0.39, 0.29) is 11.6 Å². The van der Waals surface area contributed by atoms with Crippen LogP contribution in [0, 0.1) is 6.92 Å². The Morgan fingerprint density at radius 3 is 2.28 bits per heavy atom. The van der Waals surface area contributed by atoms with Gasteiger partial charge in [0.2, 0.25) is 5.95 Å². The zero-order valence-electron chi connectivity index (χ0n) is 22.3. The van der Waals surface area contributed by atoms with Gasteiger partial charge >= 0.3 is 0 Å². The Balaban J connectivity index is 1.38. The van der Waals surface area contributed by atoms with Crippen LogP contribution in [-0.2, 0) is 0 Å². The first kappa shape index (κ1) is 24.8. The van der Waals surface area contributed by atoms with E-state index >= 15 is 0 Å². The molecule has 1 aliphatic rings. The fraction of sp³-hybridized carbons (Fsp3) is 0.219. The number of nitrogens with one attached hydrogen (secondary N) is 1. The second-order valence-corrected chi connectivity index (χ2v) is 10.1. The summed E-state index contributed by atoms with van der Waals surface area (Å²) >= 11 is 0. The van der Waals surface area contributed by atoms with Crippen LogP contribution in [-0.4, -0.2) is 52.7 Å². The van der Waals surface area contributed by atoms with Gasteiger partial charge in [-0.05, 0) is 61.0 Å². The standard InChI is InChI=1S/C32H32N6O/c1-23-8-6-7-11-28(23)30(24-9-4-3-5-10-24)38-29(39)17-12-25-22-33-32(35-31(25)38)34-26-13-15-27(16-14-26)37-20-18-36(2)19-21-37/h3-17,22,30H,18-21H2,1-2H3,(H,33,34,35). The molecule has 1 atom stereocenters. The van der Waals surface area contributed by atoms with Crippen molar-refractivity contribution in [2.24, 2.45) is 0 Å². The van der Waals surface area contributed by atoms with Gasteiger partial charge in [-0.25, -0.2) is 4.98 Å². The van der Waals surface area contributed by atoms with Crippen LogP contribution in [0.2, 0.25) is 0 Å². The first-order valence-corrected chi connectivity index (χ1v) is 13.4. The molecule has 1 fully saturated rings. The minimum Gasteiger partial charge on any atom is -0.369 e. The molecular formula is C32H32N6O. The number of hydrogen-bond acceptors (Lipinski definition) is 6. The van der Waals surface area contributed by atoms with Crippen molar-refractivity contribution in [3.63, 3.8) is 0 Å². The highest BCUT2D eigenvalue weighted by molar-refractivity contribution is 5.76. The molecule has 0 spiro atoms. The largest absolute Gasteiger partial charge is 0.369 e. The summed E-state index contributed by atoms with van der Waals surface area (Å²) in [7, 11) is 2.16. The molecule has 3 aromatic carbocycles. The summed E-state index contributed by atoms with van der Waals surface area (Å²) in [5, 5.41) is 4.15. The normalized spacial score (nSPS) is 14.9. The van der Waals surface area contributed by atoms with E-state index in [1.54, 1.807) is 22.9 Å². The van der Waals surface area contributed by atoms with E-state index in [1.807, 2.05) is 30.3 Å². The maximum atomic E-state index is 13.5. The van der Waals surface area contributed by atoms with E-state index < -0.39 is 0 Å². The summed E-state index contributed by atoms with van der Waals surface area (Å²) in [4.78, 5) is 27.7. The van der Waals surface area contributed by atoms with Crippen molar-refractivity contribution in [2.75, 3.05) is 43.4 Å². The van der Waals surface area contributed by atoms with Crippen molar-refractivity contribution in [1.82, 2.24) is 19.4 Å². The average molecular weight is 517 g/mol. The topological polar surface area (TPSA) is 66.3 Å². The first-order valence-electron chi connectivity index (χ1n) is 13.4.